The molecule has 2 aromatic carbocycles. The summed E-state index contributed by atoms with van der Waals surface area (Å²) in [5, 5.41) is 4.09. The van der Waals surface area contributed by atoms with E-state index in [1.807, 2.05) is 44.2 Å². The summed E-state index contributed by atoms with van der Waals surface area (Å²) in [4.78, 5) is 0. The van der Waals surface area contributed by atoms with Crippen molar-refractivity contribution in [2.75, 3.05) is 0 Å². The molecule has 0 saturated heterocycles. The van der Waals surface area contributed by atoms with Gasteiger partial charge >= 0.3 is 0 Å². The monoisotopic (exact) mass is 277 g/mol. The summed E-state index contributed by atoms with van der Waals surface area (Å²) < 4.78 is 13.7. The fourth-order valence-electron chi connectivity index (χ4n) is 2.16. The van der Waals surface area contributed by atoms with Crippen LogP contribution in [0.5, 0.6) is 0 Å². The van der Waals surface area contributed by atoms with Gasteiger partial charge in [0.2, 0.25) is 0 Å². The summed E-state index contributed by atoms with van der Waals surface area (Å²) in [6.45, 7) is 4.00. The third-order valence-electron chi connectivity index (χ3n) is 3.22. The Kier molecular flexibility index (Phi) is 4.56. The van der Waals surface area contributed by atoms with Crippen LogP contribution in [0.25, 0.3) is 0 Å². The molecule has 0 saturated carbocycles. The van der Waals surface area contributed by atoms with Gasteiger partial charge in [0.25, 0.3) is 0 Å². The molecule has 0 aromatic heterocycles. The van der Waals surface area contributed by atoms with E-state index in [0.717, 1.165) is 5.56 Å². The molecular weight excluding hydrogens is 261 g/mol. The molecule has 3 heteroatoms. The topological polar surface area (TPSA) is 12.0 Å². The molecule has 1 N–H and O–H groups in total. The van der Waals surface area contributed by atoms with E-state index >= 15 is 0 Å². The molecule has 100 valence electrons. The highest BCUT2D eigenvalue weighted by atomic mass is 35.5. The van der Waals surface area contributed by atoms with Crippen LogP contribution in [-0.2, 0) is 0 Å². The largest absolute Gasteiger partial charge is 0.304 e. The van der Waals surface area contributed by atoms with E-state index in [0.29, 0.717) is 10.6 Å². The number of hydrogen-bond acceptors (Lipinski definition) is 1. The van der Waals surface area contributed by atoms with E-state index in [1.54, 1.807) is 12.1 Å². The molecule has 0 spiro atoms. The molecule has 2 atom stereocenters. The number of rotatable bonds is 4. The normalized spacial score (nSPS) is 14.1. The smallest absolute Gasteiger partial charge is 0.127 e. The van der Waals surface area contributed by atoms with Crippen LogP contribution >= 0.6 is 11.6 Å². The maximum absolute atomic E-state index is 13.7. The van der Waals surface area contributed by atoms with Crippen molar-refractivity contribution >= 4 is 11.6 Å². The van der Waals surface area contributed by atoms with E-state index in [1.165, 1.54) is 6.07 Å². The van der Waals surface area contributed by atoms with Crippen molar-refractivity contribution in [3.8, 4) is 0 Å². The first-order valence-electron chi connectivity index (χ1n) is 6.34. The van der Waals surface area contributed by atoms with Gasteiger partial charge in [-0.2, -0.15) is 0 Å². The second-order valence-corrected chi connectivity index (χ2v) is 5.12. The van der Waals surface area contributed by atoms with Gasteiger partial charge in [0.05, 0.1) is 0 Å². The zero-order valence-electron chi connectivity index (χ0n) is 11.0. The summed E-state index contributed by atoms with van der Waals surface area (Å²) in [7, 11) is 0. The highest BCUT2D eigenvalue weighted by Crippen LogP contribution is 2.22. The first kappa shape index (κ1) is 14.0. The summed E-state index contributed by atoms with van der Waals surface area (Å²) >= 11 is 5.98. The van der Waals surface area contributed by atoms with Crippen LogP contribution in [0.3, 0.4) is 0 Å². The molecule has 19 heavy (non-hydrogen) atoms. The van der Waals surface area contributed by atoms with Crippen LogP contribution in [0.2, 0.25) is 5.02 Å². The van der Waals surface area contributed by atoms with Crippen LogP contribution in [-0.4, -0.2) is 0 Å². The van der Waals surface area contributed by atoms with Crippen LogP contribution in [0, 0.1) is 5.82 Å². The molecular formula is C16H17ClFN. The Hall–Kier alpha value is -1.38. The van der Waals surface area contributed by atoms with Gasteiger partial charge in [0, 0.05) is 22.7 Å². The third kappa shape index (κ3) is 3.55. The van der Waals surface area contributed by atoms with Gasteiger partial charge in [-0.1, -0.05) is 41.9 Å². The fourth-order valence-corrected chi connectivity index (χ4v) is 2.36. The quantitative estimate of drug-likeness (QED) is 0.839. The lowest BCUT2D eigenvalue weighted by Gasteiger charge is -2.21. The average Bonchev–Trinajstić information content (AvgIpc) is 2.39. The average molecular weight is 278 g/mol. The van der Waals surface area contributed by atoms with Gasteiger partial charge in [-0.25, -0.2) is 4.39 Å². The first-order chi connectivity index (χ1) is 9.08. The molecule has 2 unspecified atom stereocenters. The molecule has 0 amide bonds. The second-order valence-electron chi connectivity index (χ2n) is 4.69. The van der Waals surface area contributed by atoms with E-state index in [9.17, 15) is 4.39 Å². The molecule has 0 fully saturated rings. The van der Waals surface area contributed by atoms with Gasteiger partial charge in [0.1, 0.15) is 5.82 Å². The lowest BCUT2D eigenvalue weighted by atomic mass is 10.0. The maximum Gasteiger partial charge on any atom is 0.127 e. The molecule has 1 nitrogen and oxygen atoms in total. The zero-order chi connectivity index (χ0) is 13.8. The van der Waals surface area contributed by atoms with Crippen LogP contribution in [0.1, 0.15) is 37.1 Å². The number of hydrogen-bond donors (Lipinski definition) is 1. The minimum atomic E-state index is -0.180. The Morgan fingerprint density at radius 1 is 1.00 bits per heavy atom. The number of benzene rings is 2. The van der Waals surface area contributed by atoms with Crippen molar-refractivity contribution in [3.05, 3.63) is 70.5 Å². The van der Waals surface area contributed by atoms with Crippen LogP contribution in [0.15, 0.2) is 48.5 Å². The predicted octanol–water partition coefficient (Wildman–Crippen LogP) is 4.89. The molecule has 0 aliphatic rings. The lowest BCUT2D eigenvalue weighted by Crippen LogP contribution is -2.23. The Balaban J connectivity index is 2.11. The molecule has 0 heterocycles. The van der Waals surface area contributed by atoms with Crippen molar-refractivity contribution in [2.45, 2.75) is 25.9 Å². The van der Waals surface area contributed by atoms with Gasteiger partial charge in [-0.05, 0) is 37.6 Å². The summed E-state index contributed by atoms with van der Waals surface area (Å²) in [5.41, 5.74) is 1.77. The Bertz CT molecular complexity index is 556. The van der Waals surface area contributed by atoms with Crippen LogP contribution in [0.4, 0.5) is 4.39 Å². The van der Waals surface area contributed by atoms with Crippen molar-refractivity contribution in [2.24, 2.45) is 0 Å². The van der Waals surface area contributed by atoms with Gasteiger partial charge < -0.3 is 5.32 Å². The standard InChI is InChI=1S/C16H17ClFN/c1-11(13-6-5-7-14(17)10-13)19-12(2)15-8-3-4-9-16(15)18/h3-12,19H,1-2H3. The van der Waals surface area contributed by atoms with Gasteiger partial charge in [-0.15, -0.1) is 0 Å². The van der Waals surface area contributed by atoms with Crippen LogP contribution < -0.4 is 5.32 Å². The van der Waals surface area contributed by atoms with E-state index in [2.05, 4.69) is 5.32 Å². The molecule has 0 radical (unpaired) electrons. The molecule has 2 rings (SSSR count). The Morgan fingerprint density at radius 2 is 1.74 bits per heavy atom. The molecule has 0 aliphatic heterocycles. The minimum absolute atomic E-state index is 0.0600. The fraction of sp³-hybridized carbons (Fsp3) is 0.250. The summed E-state index contributed by atoms with van der Waals surface area (Å²) in [5.74, 6) is -0.180. The number of halogens is 2. The van der Waals surface area contributed by atoms with Crippen molar-refractivity contribution < 1.29 is 4.39 Å². The Labute approximate surface area is 118 Å². The van der Waals surface area contributed by atoms with Crippen molar-refractivity contribution in [1.29, 1.82) is 0 Å². The minimum Gasteiger partial charge on any atom is -0.304 e. The lowest BCUT2D eigenvalue weighted by molar-refractivity contribution is 0.474. The Morgan fingerprint density at radius 3 is 2.42 bits per heavy atom. The highest BCUT2D eigenvalue weighted by Gasteiger charge is 2.14. The second kappa shape index (κ2) is 6.18. The summed E-state index contributed by atoms with van der Waals surface area (Å²) in [6.07, 6.45) is 0. The van der Waals surface area contributed by atoms with E-state index in [-0.39, 0.29) is 17.9 Å². The number of nitrogens with one attached hydrogen (secondary N) is 1. The summed E-state index contributed by atoms with van der Waals surface area (Å²) in [6, 6.07) is 14.6. The molecule has 0 aliphatic carbocycles. The van der Waals surface area contributed by atoms with E-state index < -0.39 is 0 Å². The van der Waals surface area contributed by atoms with Gasteiger partial charge in [-0.3, -0.25) is 0 Å². The predicted molar refractivity (Wildman–Crippen MR) is 77.8 cm³/mol. The molecule has 0 bridgehead atoms. The molecule has 2 aromatic rings. The van der Waals surface area contributed by atoms with E-state index in [4.69, 9.17) is 11.6 Å². The highest BCUT2D eigenvalue weighted by molar-refractivity contribution is 6.30. The third-order valence-corrected chi connectivity index (χ3v) is 3.46. The van der Waals surface area contributed by atoms with Gasteiger partial charge in [0.15, 0.2) is 0 Å². The van der Waals surface area contributed by atoms with Crippen molar-refractivity contribution in [3.63, 3.8) is 0 Å². The van der Waals surface area contributed by atoms with Crippen molar-refractivity contribution in [1.82, 2.24) is 5.32 Å². The first-order valence-corrected chi connectivity index (χ1v) is 6.71. The SMILES string of the molecule is CC(NC(C)c1ccccc1F)c1cccc(Cl)c1. The maximum atomic E-state index is 13.7. The zero-order valence-corrected chi connectivity index (χ0v) is 11.8.